The molecule has 6 heteroatoms. The second kappa shape index (κ2) is 8.70. The Hall–Kier alpha value is -2.67. The summed E-state index contributed by atoms with van der Waals surface area (Å²) in [5, 5.41) is 0.970. The molecule has 0 radical (unpaired) electrons. The third kappa shape index (κ3) is 3.94. The molecule has 1 N–H and O–H groups in total. The molecule has 1 spiro atoms. The molecule has 0 bridgehead atoms. The number of hydrogen-bond donors (Lipinski definition) is 1. The predicted molar refractivity (Wildman–Crippen MR) is 123 cm³/mol. The summed E-state index contributed by atoms with van der Waals surface area (Å²) in [6.45, 7) is 6.40. The van der Waals surface area contributed by atoms with Crippen molar-refractivity contribution in [2.45, 2.75) is 32.1 Å². The Labute approximate surface area is 188 Å². The van der Waals surface area contributed by atoms with E-state index in [1.54, 1.807) is 7.11 Å². The van der Waals surface area contributed by atoms with Gasteiger partial charge in [0.15, 0.2) is 5.79 Å². The van der Waals surface area contributed by atoms with Gasteiger partial charge in [-0.3, -0.25) is 4.79 Å². The monoisotopic (exact) mass is 435 g/mol. The fourth-order valence-corrected chi connectivity index (χ4v) is 5.17. The summed E-state index contributed by atoms with van der Waals surface area (Å²) in [5.74, 6) is 0.555. The van der Waals surface area contributed by atoms with Gasteiger partial charge in [0.1, 0.15) is 12.3 Å². The van der Waals surface area contributed by atoms with Crippen molar-refractivity contribution in [3.8, 4) is 5.75 Å². The van der Waals surface area contributed by atoms with Gasteiger partial charge in [-0.15, -0.1) is 0 Å². The molecular weight excluding hydrogens is 404 g/mol. The molecule has 0 amide bonds. The van der Waals surface area contributed by atoms with Gasteiger partial charge in [-0.1, -0.05) is 30.3 Å². The lowest BCUT2D eigenvalue weighted by atomic mass is 10.0. The zero-order valence-electron chi connectivity index (χ0n) is 18.9. The maximum atomic E-state index is 13.6. The van der Waals surface area contributed by atoms with E-state index in [9.17, 15) is 4.79 Å². The smallest absolute Gasteiger partial charge is 0.219 e. The zero-order chi connectivity index (χ0) is 22.1. The molecule has 1 aromatic heterocycles. The van der Waals surface area contributed by atoms with E-state index < -0.39 is 5.79 Å². The molecule has 2 aromatic carbocycles. The normalized spacial score (nSPS) is 18.4. The van der Waals surface area contributed by atoms with Crippen LogP contribution in [0.4, 0.5) is 0 Å². The maximum Gasteiger partial charge on any atom is 0.219 e. The fraction of sp³-hybridized carbons (Fsp3) is 0.423. The standard InChI is InChI=1S/C26H30N2O4/c1-19-25(24(29)18-27-12-10-26(11-13-27)31-14-15-32-26)22-16-21(30-2)8-9-23(22)28(19)17-20-6-4-3-5-7-20/h3-9,16H,10-15,17-18H2,1-2H3/p+1. The number of aromatic nitrogens is 1. The number of carbonyl (C=O) groups is 1. The number of piperidine rings is 1. The van der Waals surface area contributed by atoms with Gasteiger partial charge in [0.25, 0.3) is 0 Å². The van der Waals surface area contributed by atoms with Crippen LogP contribution in [0.5, 0.6) is 5.75 Å². The molecule has 2 aliphatic heterocycles. The number of hydrogen-bond acceptors (Lipinski definition) is 4. The maximum absolute atomic E-state index is 13.6. The van der Waals surface area contributed by atoms with Gasteiger partial charge < -0.3 is 23.7 Å². The number of ketones is 1. The van der Waals surface area contributed by atoms with Crippen LogP contribution in [-0.2, 0) is 16.0 Å². The van der Waals surface area contributed by atoms with Crippen LogP contribution in [0.2, 0.25) is 0 Å². The molecule has 0 aliphatic carbocycles. The molecule has 3 aromatic rings. The number of fused-ring (bicyclic) bond motifs is 1. The van der Waals surface area contributed by atoms with Crippen molar-refractivity contribution in [1.82, 2.24) is 4.57 Å². The SMILES string of the molecule is COc1ccc2c(c1)c(C(=O)C[NH+]1CCC3(CC1)OCCO3)c(C)n2Cc1ccccc1. The van der Waals surface area contributed by atoms with Crippen LogP contribution in [0.25, 0.3) is 10.9 Å². The van der Waals surface area contributed by atoms with Crippen LogP contribution < -0.4 is 9.64 Å². The van der Waals surface area contributed by atoms with Crippen molar-refractivity contribution in [2.24, 2.45) is 0 Å². The van der Waals surface area contributed by atoms with Gasteiger partial charge in [-0.25, -0.2) is 0 Å². The summed E-state index contributed by atoms with van der Waals surface area (Å²) < 4.78 is 19.4. The number of nitrogens with one attached hydrogen (secondary N) is 1. The highest BCUT2D eigenvalue weighted by molar-refractivity contribution is 6.10. The molecule has 3 heterocycles. The minimum Gasteiger partial charge on any atom is -0.497 e. The summed E-state index contributed by atoms with van der Waals surface area (Å²) in [6.07, 6.45) is 1.69. The van der Waals surface area contributed by atoms with Crippen molar-refractivity contribution in [3.63, 3.8) is 0 Å². The highest BCUT2D eigenvalue weighted by Crippen LogP contribution is 2.31. The molecule has 168 valence electrons. The lowest BCUT2D eigenvalue weighted by Crippen LogP contribution is -3.14. The minimum atomic E-state index is -0.401. The Kier molecular flexibility index (Phi) is 5.76. The number of nitrogens with zero attached hydrogens (tertiary/aromatic N) is 1. The number of Topliss-reactive ketones (excluding diaryl/α,β-unsaturated/α-hetero) is 1. The van der Waals surface area contributed by atoms with Gasteiger partial charge in [-0.2, -0.15) is 0 Å². The number of methoxy groups -OCH3 is 1. The molecule has 2 aliphatic rings. The summed E-state index contributed by atoms with van der Waals surface area (Å²) in [7, 11) is 1.66. The number of benzene rings is 2. The highest BCUT2D eigenvalue weighted by Gasteiger charge is 2.42. The fourth-order valence-electron chi connectivity index (χ4n) is 5.17. The highest BCUT2D eigenvalue weighted by atomic mass is 16.7. The first-order valence-corrected chi connectivity index (χ1v) is 11.4. The van der Waals surface area contributed by atoms with Gasteiger partial charge in [0.05, 0.1) is 51.8 Å². The molecule has 5 rings (SSSR count). The molecular formula is C26H31N2O4+. The van der Waals surface area contributed by atoms with Crippen molar-refractivity contribution < 1.29 is 23.9 Å². The van der Waals surface area contributed by atoms with E-state index in [1.807, 2.05) is 18.2 Å². The largest absolute Gasteiger partial charge is 0.497 e. The number of likely N-dealkylation sites (tertiary alicyclic amines) is 1. The summed E-state index contributed by atoms with van der Waals surface area (Å²) in [4.78, 5) is 14.9. The first-order valence-electron chi connectivity index (χ1n) is 11.4. The number of ether oxygens (including phenoxy) is 3. The van der Waals surface area contributed by atoms with E-state index in [-0.39, 0.29) is 5.78 Å². The molecule has 0 saturated carbocycles. The van der Waals surface area contributed by atoms with Crippen LogP contribution in [0.3, 0.4) is 0 Å². The van der Waals surface area contributed by atoms with Gasteiger partial charge in [0, 0.05) is 23.1 Å². The molecule has 2 fully saturated rings. The van der Waals surface area contributed by atoms with E-state index in [4.69, 9.17) is 14.2 Å². The van der Waals surface area contributed by atoms with Crippen LogP contribution >= 0.6 is 0 Å². The Morgan fingerprint density at radius 2 is 1.81 bits per heavy atom. The van der Waals surface area contributed by atoms with Crippen molar-refractivity contribution in [3.05, 3.63) is 65.4 Å². The lowest BCUT2D eigenvalue weighted by Gasteiger charge is -2.34. The molecule has 32 heavy (non-hydrogen) atoms. The van der Waals surface area contributed by atoms with Crippen LogP contribution in [-0.4, -0.2) is 56.1 Å². The van der Waals surface area contributed by atoms with Crippen LogP contribution in [0.15, 0.2) is 48.5 Å². The van der Waals surface area contributed by atoms with Gasteiger partial charge >= 0.3 is 0 Å². The van der Waals surface area contributed by atoms with Crippen LogP contribution in [0, 0.1) is 6.92 Å². The van der Waals surface area contributed by atoms with Gasteiger partial charge in [-0.05, 0) is 30.7 Å². The Bertz CT molecular complexity index is 1110. The molecule has 2 saturated heterocycles. The number of rotatable bonds is 6. The van der Waals surface area contributed by atoms with Crippen LogP contribution in [0.1, 0.15) is 34.5 Å². The third-order valence-electron chi connectivity index (χ3n) is 6.94. The first-order chi connectivity index (χ1) is 15.6. The number of carbonyl (C=O) groups excluding carboxylic acids is 1. The van der Waals surface area contributed by atoms with E-state index in [0.717, 1.165) is 60.4 Å². The second-order valence-corrected chi connectivity index (χ2v) is 8.87. The Morgan fingerprint density at radius 3 is 2.50 bits per heavy atom. The van der Waals surface area contributed by atoms with E-state index in [2.05, 4.69) is 41.8 Å². The van der Waals surface area contributed by atoms with E-state index in [1.165, 1.54) is 10.5 Å². The quantitative estimate of drug-likeness (QED) is 0.605. The van der Waals surface area contributed by atoms with Gasteiger partial charge in [0.2, 0.25) is 5.78 Å². The average Bonchev–Trinajstić information content (AvgIpc) is 3.38. The zero-order valence-corrected chi connectivity index (χ0v) is 18.9. The molecule has 0 atom stereocenters. The number of quaternary nitrogens is 1. The van der Waals surface area contributed by atoms with Crippen molar-refractivity contribution in [1.29, 1.82) is 0 Å². The average molecular weight is 436 g/mol. The van der Waals surface area contributed by atoms with E-state index >= 15 is 0 Å². The lowest BCUT2D eigenvalue weighted by molar-refractivity contribution is -0.900. The second-order valence-electron chi connectivity index (χ2n) is 8.87. The minimum absolute atomic E-state index is 0.187. The Balaban J connectivity index is 1.43. The molecule has 0 unspecified atom stereocenters. The first kappa shape index (κ1) is 21.2. The third-order valence-corrected chi connectivity index (χ3v) is 6.94. The summed E-state index contributed by atoms with van der Waals surface area (Å²) in [6, 6.07) is 16.4. The predicted octanol–water partition coefficient (Wildman–Crippen LogP) is 2.61. The van der Waals surface area contributed by atoms with Crippen molar-refractivity contribution in [2.75, 3.05) is 40.0 Å². The Morgan fingerprint density at radius 1 is 1.09 bits per heavy atom. The summed E-state index contributed by atoms with van der Waals surface area (Å²) in [5.41, 5.74) is 4.11. The van der Waals surface area contributed by atoms with Crippen molar-refractivity contribution >= 4 is 16.7 Å². The molecule has 6 nitrogen and oxygen atoms in total. The topological polar surface area (TPSA) is 54.1 Å². The summed E-state index contributed by atoms with van der Waals surface area (Å²) >= 11 is 0. The van der Waals surface area contributed by atoms with E-state index in [0.29, 0.717) is 19.8 Å².